The van der Waals surface area contributed by atoms with Gasteiger partial charge in [0.05, 0.1) is 23.3 Å². The van der Waals surface area contributed by atoms with Gasteiger partial charge in [-0.15, -0.1) is 0 Å². The van der Waals surface area contributed by atoms with Crippen molar-refractivity contribution in [2.75, 3.05) is 39.6 Å². The van der Waals surface area contributed by atoms with Crippen LogP contribution in [-0.2, 0) is 18.0 Å². The largest absolute Gasteiger partial charge is 0.501 e. The molecule has 0 fully saturated rings. The molecule has 5 nitrogen and oxygen atoms in total. The molecule has 0 heterocycles. The molecule has 0 spiro atoms. The molecule has 0 aliphatic rings. The number of halogens is 8. The van der Waals surface area contributed by atoms with Crippen molar-refractivity contribution in [3.63, 3.8) is 0 Å². The Kier molecular flexibility index (Phi) is 15.1. The molecule has 0 bridgehead atoms. The summed E-state index contributed by atoms with van der Waals surface area (Å²) in [5.74, 6) is -18.8. The van der Waals surface area contributed by atoms with Crippen molar-refractivity contribution in [2.24, 2.45) is 0 Å². The van der Waals surface area contributed by atoms with Crippen molar-refractivity contribution in [3.05, 3.63) is 58.7 Å². The molecule has 2 rings (SSSR count). The number of rotatable bonds is 20. The number of benzene rings is 2. The first-order valence-corrected chi connectivity index (χ1v) is 15.9. The zero-order valence-electron chi connectivity index (χ0n) is 24.3. The average molecular weight is 645 g/mol. The van der Waals surface area contributed by atoms with Crippen LogP contribution in [-0.4, -0.2) is 48.4 Å². The highest BCUT2D eigenvalue weighted by Crippen LogP contribution is 2.40. The summed E-state index contributed by atoms with van der Waals surface area (Å²) in [5, 5.41) is 0. The summed E-state index contributed by atoms with van der Waals surface area (Å²) in [7, 11) is -2.72. The van der Waals surface area contributed by atoms with E-state index in [0.717, 1.165) is 0 Å². The lowest BCUT2D eigenvalue weighted by atomic mass is 9.99. The lowest BCUT2D eigenvalue weighted by molar-refractivity contribution is 0.0656. The van der Waals surface area contributed by atoms with Gasteiger partial charge in [0.2, 0.25) is 11.6 Å². The van der Waals surface area contributed by atoms with Gasteiger partial charge in [0, 0.05) is 39.1 Å². The van der Waals surface area contributed by atoms with Crippen molar-refractivity contribution in [1.82, 2.24) is 0 Å². The van der Waals surface area contributed by atoms with Crippen LogP contribution in [0.3, 0.4) is 0 Å². The third kappa shape index (κ3) is 9.00. The molecule has 0 radical (unpaired) electrons. The Labute approximate surface area is 247 Å². The van der Waals surface area contributed by atoms with E-state index in [4.69, 9.17) is 22.8 Å². The molecule has 43 heavy (non-hydrogen) atoms. The normalized spacial score (nSPS) is 11.8. The molecule has 2 aromatic rings. The molecule has 0 aromatic heterocycles. The maximum atomic E-state index is 14.7. The van der Waals surface area contributed by atoms with Crippen LogP contribution < -0.4 is 4.74 Å². The zero-order valence-corrected chi connectivity index (χ0v) is 25.3. The Hall–Kier alpha value is -2.52. The predicted octanol–water partition coefficient (Wildman–Crippen LogP) is 8.50. The van der Waals surface area contributed by atoms with Crippen molar-refractivity contribution in [2.45, 2.75) is 58.9 Å². The fourth-order valence-corrected chi connectivity index (χ4v) is 6.91. The van der Waals surface area contributed by atoms with Gasteiger partial charge < -0.3 is 22.8 Å². The molecule has 0 amide bonds. The molecule has 14 heteroatoms. The lowest BCUT2D eigenvalue weighted by Crippen LogP contribution is -2.46. The standard InChI is InChI=1S/C29H36F8O5Si/c1-5-18-21(30)23(32)19(24(33)22(18)31)20-25(34)27(36)29(28(37)26(20)35)39-16-12-10-9-11-14-38-15-13-17-43(40-6-2,41-7-3)42-8-4/h5H,1,6-17H2,2-4H3. The van der Waals surface area contributed by atoms with Crippen LogP contribution >= 0.6 is 0 Å². The summed E-state index contributed by atoms with van der Waals surface area (Å²) in [4.78, 5) is 0. The summed E-state index contributed by atoms with van der Waals surface area (Å²) in [6.07, 6.45) is 3.21. The van der Waals surface area contributed by atoms with Gasteiger partial charge in [0.25, 0.3) is 0 Å². The van der Waals surface area contributed by atoms with Gasteiger partial charge in [-0.25, -0.2) is 26.3 Å². The Morgan fingerprint density at radius 2 is 0.977 bits per heavy atom. The summed E-state index contributed by atoms with van der Waals surface area (Å²) in [6, 6.07) is 0.619. The third-order valence-corrected chi connectivity index (χ3v) is 9.42. The smallest absolute Gasteiger partial charge is 0.487 e. The van der Waals surface area contributed by atoms with Crippen LogP contribution in [0.4, 0.5) is 35.1 Å². The van der Waals surface area contributed by atoms with E-state index in [-0.39, 0.29) is 13.0 Å². The number of ether oxygens (including phenoxy) is 2. The van der Waals surface area contributed by atoms with E-state index in [0.29, 0.717) is 70.8 Å². The van der Waals surface area contributed by atoms with Crippen LogP contribution in [0.1, 0.15) is 58.4 Å². The van der Waals surface area contributed by atoms with E-state index in [9.17, 15) is 35.1 Å². The molecule has 0 saturated heterocycles. The van der Waals surface area contributed by atoms with E-state index in [1.165, 1.54) is 0 Å². The summed E-state index contributed by atoms with van der Waals surface area (Å²) < 4.78 is 143. The summed E-state index contributed by atoms with van der Waals surface area (Å²) in [6.45, 7) is 10.7. The Balaban J connectivity index is 1.88. The van der Waals surface area contributed by atoms with Gasteiger partial charge in [-0.1, -0.05) is 19.1 Å². The minimum absolute atomic E-state index is 0.248. The van der Waals surface area contributed by atoms with E-state index in [2.05, 4.69) is 6.58 Å². The molecule has 2 aromatic carbocycles. The Morgan fingerprint density at radius 1 is 0.558 bits per heavy atom. The highest BCUT2D eigenvalue weighted by atomic mass is 28.4. The minimum atomic E-state index is -2.72. The van der Waals surface area contributed by atoms with Crippen LogP contribution in [0, 0.1) is 46.5 Å². The van der Waals surface area contributed by atoms with E-state index in [1.807, 2.05) is 20.8 Å². The number of hydrogen-bond acceptors (Lipinski definition) is 5. The predicted molar refractivity (Wildman–Crippen MR) is 146 cm³/mol. The van der Waals surface area contributed by atoms with Crippen molar-refractivity contribution in [3.8, 4) is 16.9 Å². The van der Waals surface area contributed by atoms with Gasteiger partial charge in [0.15, 0.2) is 40.7 Å². The zero-order chi connectivity index (χ0) is 32.2. The van der Waals surface area contributed by atoms with Gasteiger partial charge in [-0.05, 0) is 46.5 Å². The van der Waals surface area contributed by atoms with Crippen molar-refractivity contribution < 1.29 is 57.9 Å². The third-order valence-electron chi connectivity index (χ3n) is 6.27. The van der Waals surface area contributed by atoms with Gasteiger partial charge in [-0.2, -0.15) is 8.78 Å². The Bertz CT molecular complexity index is 1160. The fourth-order valence-electron chi connectivity index (χ4n) is 4.33. The van der Waals surface area contributed by atoms with Gasteiger partial charge >= 0.3 is 8.80 Å². The topological polar surface area (TPSA) is 46.2 Å². The molecule has 0 saturated carbocycles. The molecule has 0 unspecified atom stereocenters. The van der Waals surface area contributed by atoms with Gasteiger partial charge in [0.1, 0.15) is 0 Å². The first kappa shape index (κ1) is 36.7. The average Bonchev–Trinajstić information content (AvgIpc) is 2.98. The number of hydrogen-bond donors (Lipinski definition) is 0. The number of unbranched alkanes of at least 4 members (excludes halogenated alkanes) is 3. The highest BCUT2D eigenvalue weighted by molar-refractivity contribution is 6.60. The highest BCUT2D eigenvalue weighted by Gasteiger charge is 2.39. The second-order valence-electron chi connectivity index (χ2n) is 9.17. The minimum Gasteiger partial charge on any atom is -0.487 e. The SMILES string of the molecule is C=Cc1c(F)c(F)c(-c2c(F)c(F)c(OCCCCCCOCCC[Si](OCC)(OCC)OCC)c(F)c2F)c(F)c1F. The molecular formula is C29H36F8O5Si. The first-order chi connectivity index (χ1) is 20.5. The fraction of sp³-hybridized carbons (Fsp3) is 0.517. The maximum absolute atomic E-state index is 14.7. The molecule has 0 aliphatic carbocycles. The molecule has 0 N–H and O–H groups in total. The van der Waals surface area contributed by atoms with Crippen LogP contribution in [0.2, 0.25) is 6.04 Å². The molecule has 0 atom stereocenters. The lowest BCUT2D eigenvalue weighted by Gasteiger charge is -2.28. The second kappa shape index (κ2) is 17.7. The quantitative estimate of drug-likeness (QED) is 0.0626. The van der Waals surface area contributed by atoms with E-state index < -0.39 is 77.8 Å². The molecule has 0 aliphatic heterocycles. The molecule has 242 valence electrons. The van der Waals surface area contributed by atoms with Crippen molar-refractivity contribution >= 4 is 14.9 Å². The monoisotopic (exact) mass is 644 g/mol. The van der Waals surface area contributed by atoms with Crippen molar-refractivity contribution in [1.29, 1.82) is 0 Å². The summed E-state index contributed by atoms with van der Waals surface area (Å²) in [5.41, 5.74) is -5.15. The summed E-state index contributed by atoms with van der Waals surface area (Å²) >= 11 is 0. The van der Waals surface area contributed by atoms with Crippen LogP contribution in [0.15, 0.2) is 6.58 Å². The van der Waals surface area contributed by atoms with Crippen LogP contribution in [0.25, 0.3) is 17.2 Å². The van der Waals surface area contributed by atoms with Gasteiger partial charge in [-0.3, -0.25) is 0 Å². The first-order valence-electron chi connectivity index (χ1n) is 14.0. The van der Waals surface area contributed by atoms with E-state index in [1.54, 1.807) is 0 Å². The van der Waals surface area contributed by atoms with Crippen LogP contribution in [0.5, 0.6) is 5.75 Å². The Morgan fingerprint density at radius 3 is 1.42 bits per heavy atom. The van der Waals surface area contributed by atoms with E-state index >= 15 is 0 Å². The second-order valence-corrected chi connectivity index (χ2v) is 11.9. The molecular weight excluding hydrogens is 608 g/mol. The maximum Gasteiger partial charge on any atom is 0.501 e.